The van der Waals surface area contributed by atoms with Gasteiger partial charge in [0.2, 0.25) is 5.91 Å². The van der Waals surface area contributed by atoms with Crippen molar-refractivity contribution in [2.75, 3.05) is 33.8 Å². The zero-order valence-corrected chi connectivity index (χ0v) is 17.0. The molecule has 0 aliphatic carbocycles. The first-order chi connectivity index (χ1) is 13.9. The lowest BCUT2D eigenvalue weighted by Crippen LogP contribution is -2.29. The number of rotatable bonds is 8. The van der Waals surface area contributed by atoms with Crippen LogP contribution in [-0.4, -0.2) is 40.3 Å². The summed E-state index contributed by atoms with van der Waals surface area (Å²) in [6.07, 6.45) is 1.53. The predicted octanol–water partition coefficient (Wildman–Crippen LogP) is 2.84. The van der Waals surface area contributed by atoms with Crippen LogP contribution in [0.5, 0.6) is 23.0 Å². The van der Waals surface area contributed by atoms with Crippen LogP contribution in [0.2, 0.25) is 0 Å². The molecule has 2 N–H and O–H groups in total. The topological polar surface area (TPSA) is 95.1 Å². The Morgan fingerprint density at radius 1 is 0.828 bits per heavy atom. The lowest BCUT2D eigenvalue weighted by molar-refractivity contribution is -0.120. The number of hydrogen-bond acceptors (Lipinski definition) is 6. The van der Waals surface area contributed by atoms with E-state index in [9.17, 15) is 9.59 Å². The van der Waals surface area contributed by atoms with Gasteiger partial charge < -0.3 is 29.6 Å². The van der Waals surface area contributed by atoms with E-state index in [0.717, 1.165) is 0 Å². The normalized spacial score (nSPS) is 10.7. The summed E-state index contributed by atoms with van der Waals surface area (Å²) in [4.78, 5) is 24.5. The molecular weight excluding hydrogens is 376 g/mol. The zero-order chi connectivity index (χ0) is 21.4. The minimum Gasteiger partial charge on any atom is -0.497 e. The predicted molar refractivity (Wildman–Crippen MR) is 110 cm³/mol. The number of carbonyl (C=O) groups excluding carboxylic acids is 2. The second-order valence-electron chi connectivity index (χ2n) is 5.87. The van der Waals surface area contributed by atoms with E-state index in [1.807, 2.05) is 0 Å². The van der Waals surface area contributed by atoms with Gasteiger partial charge in [0.1, 0.15) is 17.2 Å². The van der Waals surface area contributed by atoms with Crippen LogP contribution in [0.15, 0.2) is 42.1 Å². The van der Waals surface area contributed by atoms with Crippen LogP contribution in [0, 0.1) is 0 Å². The van der Waals surface area contributed by atoms with Gasteiger partial charge in [0.15, 0.2) is 11.5 Å². The Kier molecular flexibility index (Phi) is 7.47. The maximum Gasteiger partial charge on any atom is 0.272 e. The zero-order valence-electron chi connectivity index (χ0n) is 17.0. The number of anilines is 1. The maximum atomic E-state index is 12.9. The lowest BCUT2D eigenvalue weighted by atomic mass is 10.1. The molecule has 8 nitrogen and oxygen atoms in total. The van der Waals surface area contributed by atoms with E-state index < -0.39 is 5.91 Å². The van der Waals surface area contributed by atoms with E-state index >= 15 is 0 Å². The molecule has 0 atom stereocenters. The molecule has 0 heterocycles. The first-order valence-corrected chi connectivity index (χ1v) is 8.66. The summed E-state index contributed by atoms with van der Waals surface area (Å²) in [5.74, 6) is 1.14. The van der Waals surface area contributed by atoms with Crippen LogP contribution in [0.25, 0.3) is 6.08 Å². The van der Waals surface area contributed by atoms with Gasteiger partial charge in [-0.15, -0.1) is 0 Å². The summed E-state index contributed by atoms with van der Waals surface area (Å²) in [5, 5.41) is 5.28. The Balaban J connectivity index is 2.38. The minimum absolute atomic E-state index is 0.0505. The van der Waals surface area contributed by atoms with Gasteiger partial charge >= 0.3 is 0 Å². The summed E-state index contributed by atoms with van der Waals surface area (Å²) >= 11 is 0. The van der Waals surface area contributed by atoms with Crippen LogP contribution in [0.1, 0.15) is 12.5 Å². The van der Waals surface area contributed by atoms with Crippen molar-refractivity contribution in [2.24, 2.45) is 0 Å². The number of hydrogen-bond donors (Lipinski definition) is 2. The van der Waals surface area contributed by atoms with Gasteiger partial charge in [-0.25, -0.2) is 0 Å². The van der Waals surface area contributed by atoms with Crippen molar-refractivity contribution in [2.45, 2.75) is 6.92 Å². The summed E-state index contributed by atoms with van der Waals surface area (Å²) < 4.78 is 21.0. The Bertz CT molecular complexity index is 923. The van der Waals surface area contributed by atoms with Crippen LogP contribution < -0.4 is 29.6 Å². The number of amides is 2. The molecule has 2 rings (SSSR count). The van der Waals surface area contributed by atoms with Gasteiger partial charge in [-0.1, -0.05) is 6.07 Å². The third-order valence-electron chi connectivity index (χ3n) is 3.93. The number of ether oxygens (including phenoxy) is 4. The molecule has 29 heavy (non-hydrogen) atoms. The molecule has 0 unspecified atom stereocenters. The highest BCUT2D eigenvalue weighted by Crippen LogP contribution is 2.30. The SMILES string of the molecule is COc1ccc(OC)c(NC(=O)C(=Cc2ccc(OC)c(OC)c2)NC(C)=O)c1. The molecule has 2 aromatic carbocycles. The quantitative estimate of drug-likeness (QED) is 0.662. The van der Waals surface area contributed by atoms with E-state index in [2.05, 4.69) is 10.6 Å². The fourth-order valence-electron chi connectivity index (χ4n) is 2.56. The van der Waals surface area contributed by atoms with Gasteiger partial charge in [0.05, 0.1) is 34.1 Å². The van der Waals surface area contributed by atoms with Crippen molar-refractivity contribution < 1.29 is 28.5 Å². The van der Waals surface area contributed by atoms with Crippen LogP contribution >= 0.6 is 0 Å². The molecule has 154 valence electrons. The monoisotopic (exact) mass is 400 g/mol. The molecule has 0 aromatic heterocycles. The number of carbonyl (C=O) groups is 2. The second kappa shape index (κ2) is 10.0. The fraction of sp³-hybridized carbons (Fsp3) is 0.238. The van der Waals surface area contributed by atoms with E-state index in [1.54, 1.807) is 36.4 Å². The van der Waals surface area contributed by atoms with Crippen LogP contribution in [0.4, 0.5) is 5.69 Å². The Morgan fingerprint density at radius 3 is 2.07 bits per heavy atom. The van der Waals surface area contributed by atoms with Crippen LogP contribution in [0.3, 0.4) is 0 Å². The molecule has 0 saturated carbocycles. The molecule has 0 saturated heterocycles. The van der Waals surface area contributed by atoms with Crippen molar-refractivity contribution in [1.29, 1.82) is 0 Å². The Labute approximate surface area is 169 Å². The largest absolute Gasteiger partial charge is 0.497 e. The Morgan fingerprint density at radius 2 is 1.48 bits per heavy atom. The molecule has 0 radical (unpaired) electrons. The molecule has 0 fully saturated rings. The van der Waals surface area contributed by atoms with Gasteiger partial charge in [0, 0.05) is 13.0 Å². The summed E-state index contributed by atoms with van der Waals surface area (Å²) in [6.45, 7) is 1.32. The molecule has 8 heteroatoms. The smallest absolute Gasteiger partial charge is 0.272 e. The van der Waals surface area contributed by atoms with Crippen molar-refractivity contribution in [3.8, 4) is 23.0 Å². The molecule has 2 amide bonds. The van der Waals surface area contributed by atoms with E-state index in [1.165, 1.54) is 41.4 Å². The first kappa shape index (κ1) is 21.6. The first-order valence-electron chi connectivity index (χ1n) is 8.66. The number of benzene rings is 2. The summed E-state index contributed by atoms with van der Waals surface area (Å²) in [7, 11) is 6.06. The highest BCUT2D eigenvalue weighted by Gasteiger charge is 2.15. The van der Waals surface area contributed by atoms with Crippen molar-refractivity contribution >= 4 is 23.6 Å². The van der Waals surface area contributed by atoms with Crippen molar-refractivity contribution in [3.63, 3.8) is 0 Å². The maximum absolute atomic E-state index is 12.9. The van der Waals surface area contributed by atoms with Gasteiger partial charge in [-0.2, -0.15) is 0 Å². The number of nitrogens with one attached hydrogen (secondary N) is 2. The van der Waals surface area contributed by atoms with Gasteiger partial charge in [-0.05, 0) is 35.9 Å². The van der Waals surface area contributed by atoms with E-state index in [-0.39, 0.29) is 11.6 Å². The van der Waals surface area contributed by atoms with E-state index in [0.29, 0.717) is 34.2 Å². The molecule has 2 aromatic rings. The molecule has 0 spiro atoms. The second-order valence-corrected chi connectivity index (χ2v) is 5.87. The third kappa shape index (κ3) is 5.65. The van der Waals surface area contributed by atoms with Crippen LogP contribution in [-0.2, 0) is 9.59 Å². The van der Waals surface area contributed by atoms with Gasteiger partial charge in [0.25, 0.3) is 5.91 Å². The standard InChI is InChI=1S/C21H24N2O6/c1-13(24)22-17(10-14-6-8-19(28-4)20(11-14)29-5)21(25)23-16-12-15(26-2)7-9-18(16)27-3/h6-12H,1-5H3,(H,22,24)(H,23,25). The van der Waals surface area contributed by atoms with E-state index in [4.69, 9.17) is 18.9 Å². The number of methoxy groups -OCH3 is 4. The Hall–Kier alpha value is -3.68. The van der Waals surface area contributed by atoms with Crippen molar-refractivity contribution in [3.05, 3.63) is 47.7 Å². The molecular formula is C21H24N2O6. The average Bonchev–Trinajstić information content (AvgIpc) is 2.72. The molecule has 0 bridgehead atoms. The highest BCUT2D eigenvalue weighted by atomic mass is 16.5. The highest BCUT2D eigenvalue weighted by molar-refractivity contribution is 6.09. The van der Waals surface area contributed by atoms with Crippen molar-refractivity contribution in [1.82, 2.24) is 5.32 Å². The van der Waals surface area contributed by atoms with Gasteiger partial charge in [-0.3, -0.25) is 9.59 Å². The average molecular weight is 400 g/mol. The lowest BCUT2D eigenvalue weighted by Gasteiger charge is -2.14. The summed E-state index contributed by atoms with van der Waals surface area (Å²) in [6, 6.07) is 10.1. The minimum atomic E-state index is -0.526. The fourth-order valence-corrected chi connectivity index (χ4v) is 2.56. The third-order valence-corrected chi connectivity index (χ3v) is 3.93. The summed E-state index contributed by atoms with van der Waals surface area (Å²) in [5.41, 5.74) is 1.09. The molecule has 0 aliphatic heterocycles. The molecule has 0 aliphatic rings.